The first-order chi connectivity index (χ1) is 8.04. The normalized spacial score (nSPS) is 10.5. The summed E-state index contributed by atoms with van der Waals surface area (Å²) in [6, 6.07) is 0. The minimum absolute atomic E-state index is 0.0619. The lowest BCUT2D eigenvalue weighted by molar-refractivity contribution is -0.115. The Balaban J connectivity index is 1.97. The van der Waals surface area contributed by atoms with Gasteiger partial charge in [0.15, 0.2) is 5.13 Å². The number of amides is 1. The van der Waals surface area contributed by atoms with Gasteiger partial charge in [-0.05, 0) is 20.8 Å². The third-order valence-electron chi connectivity index (χ3n) is 2.25. The number of anilines is 1. The van der Waals surface area contributed by atoms with E-state index < -0.39 is 0 Å². The van der Waals surface area contributed by atoms with Crippen molar-refractivity contribution in [1.82, 2.24) is 9.97 Å². The van der Waals surface area contributed by atoms with E-state index in [4.69, 9.17) is 0 Å². The molecule has 2 aromatic rings. The lowest BCUT2D eigenvalue weighted by atomic mass is 10.4. The SMILES string of the molecule is Cc1csc(CC(=O)Nc2nc(C)c(C)s2)n1. The Morgan fingerprint density at radius 3 is 2.65 bits per heavy atom. The largest absolute Gasteiger partial charge is 0.302 e. The summed E-state index contributed by atoms with van der Waals surface area (Å²) in [5, 5.41) is 6.24. The predicted molar refractivity (Wildman–Crippen MR) is 70.8 cm³/mol. The van der Waals surface area contributed by atoms with Crippen LogP contribution in [0.1, 0.15) is 21.3 Å². The highest BCUT2D eigenvalue weighted by Gasteiger charge is 2.10. The minimum Gasteiger partial charge on any atom is -0.302 e. The molecule has 2 heterocycles. The summed E-state index contributed by atoms with van der Waals surface area (Å²) in [5.74, 6) is -0.0619. The van der Waals surface area contributed by atoms with Crippen molar-refractivity contribution >= 4 is 33.7 Å². The van der Waals surface area contributed by atoms with Gasteiger partial charge in [-0.25, -0.2) is 9.97 Å². The molecule has 90 valence electrons. The smallest absolute Gasteiger partial charge is 0.233 e. The molecule has 6 heteroatoms. The monoisotopic (exact) mass is 267 g/mol. The van der Waals surface area contributed by atoms with Crippen molar-refractivity contribution in [2.45, 2.75) is 27.2 Å². The van der Waals surface area contributed by atoms with Crippen LogP contribution in [0.25, 0.3) is 0 Å². The Kier molecular flexibility index (Phi) is 3.54. The summed E-state index contributed by atoms with van der Waals surface area (Å²) in [5.41, 5.74) is 1.93. The zero-order valence-corrected chi connectivity index (χ0v) is 11.5. The number of thiazole rings is 2. The second-order valence-electron chi connectivity index (χ2n) is 3.77. The summed E-state index contributed by atoms with van der Waals surface area (Å²) in [7, 11) is 0. The molecule has 0 saturated carbocycles. The first kappa shape index (κ1) is 12.2. The number of aromatic nitrogens is 2. The number of carbonyl (C=O) groups is 1. The molecule has 0 aliphatic carbocycles. The second kappa shape index (κ2) is 4.93. The van der Waals surface area contributed by atoms with Gasteiger partial charge in [0.25, 0.3) is 0 Å². The Morgan fingerprint density at radius 2 is 2.12 bits per heavy atom. The van der Waals surface area contributed by atoms with Crippen molar-refractivity contribution in [3.63, 3.8) is 0 Å². The molecular formula is C11H13N3OS2. The maximum Gasteiger partial charge on any atom is 0.233 e. The van der Waals surface area contributed by atoms with E-state index in [0.29, 0.717) is 11.6 Å². The van der Waals surface area contributed by atoms with Crippen LogP contribution in [0, 0.1) is 20.8 Å². The van der Waals surface area contributed by atoms with Gasteiger partial charge in [0, 0.05) is 16.0 Å². The number of hydrogen-bond acceptors (Lipinski definition) is 5. The van der Waals surface area contributed by atoms with Gasteiger partial charge in [0.05, 0.1) is 12.1 Å². The van der Waals surface area contributed by atoms with Gasteiger partial charge in [-0.15, -0.1) is 22.7 Å². The molecule has 1 amide bonds. The standard InChI is InChI=1S/C11H13N3OS2/c1-6-5-16-10(12-6)4-9(15)14-11-13-7(2)8(3)17-11/h5H,4H2,1-3H3,(H,13,14,15). The zero-order valence-electron chi connectivity index (χ0n) is 9.90. The van der Waals surface area contributed by atoms with Crippen LogP contribution in [-0.4, -0.2) is 15.9 Å². The van der Waals surface area contributed by atoms with Gasteiger partial charge >= 0.3 is 0 Å². The maximum absolute atomic E-state index is 11.7. The number of rotatable bonds is 3. The Hall–Kier alpha value is -1.27. The van der Waals surface area contributed by atoms with E-state index >= 15 is 0 Å². The molecule has 0 aliphatic heterocycles. The molecule has 0 spiro atoms. The van der Waals surface area contributed by atoms with Gasteiger partial charge in [-0.3, -0.25) is 4.79 Å². The highest BCUT2D eigenvalue weighted by molar-refractivity contribution is 7.15. The van der Waals surface area contributed by atoms with E-state index in [-0.39, 0.29) is 5.91 Å². The molecule has 0 aromatic carbocycles. The molecule has 0 saturated heterocycles. The highest BCUT2D eigenvalue weighted by atomic mass is 32.1. The molecule has 0 bridgehead atoms. The van der Waals surface area contributed by atoms with Crippen LogP contribution < -0.4 is 5.32 Å². The summed E-state index contributed by atoms with van der Waals surface area (Å²) >= 11 is 3.01. The van der Waals surface area contributed by atoms with Gasteiger partial charge in [0.1, 0.15) is 5.01 Å². The molecule has 0 unspecified atom stereocenters. The van der Waals surface area contributed by atoms with Gasteiger partial charge in [-0.2, -0.15) is 0 Å². The number of carbonyl (C=O) groups excluding carboxylic acids is 1. The van der Waals surface area contributed by atoms with Crippen LogP contribution in [0.3, 0.4) is 0 Å². The molecule has 2 aromatic heterocycles. The predicted octanol–water partition coefficient (Wildman–Crippen LogP) is 2.71. The average Bonchev–Trinajstić information content (AvgIpc) is 2.75. The first-order valence-electron chi connectivity index (χ1n) is 5.19. The summed E-state index contributed by atoms with van der Waals surface area (Å²) in [6.45, 7) is 5.85. The lowest BCUT2D eigenvalue weighted by Gasteiger charge is -1.98. The summed E-state index contributed by atoms with van der Waals surface area (Å²) < 4.78 is 0. The Morgan fingerprint density at radius 1 is 1.35 bits per heavy atom. The van der Waals surface area contributed by atoms with E-state index in [9.17, 15) is 4.79 Å². The van der Waals surface area contributed by atoms with Crippen molar-refractivity contribution in [3.8, 4) is 0 Å². The molecule has 4 nitrogen and oxygen atoms in total. The minimum atomic E-state index is -0.0619. The van der Waals surface area contributed by atoms with Gasteiger partial charge < -0.3 is 5.32 Å². The molecule has 1 N–H and O–H groups in total. The van der Waals surface area contributed by atoms with Crippen molar-refractivity contribution in [3.05, 3.63) is 26.7 Å². The van der Waals surface area contributed by atoms with E-state index in [2.05, 4.69) is 15.3 Å². The van der Waals surface area contributed by atoms with Crippen molar-refractivity contribution in [2.75, 3.05) is 5.32 Å². The zero-order chi connectivity index (χ0) is 12.4. The third-order valence-corrected chi connectivity index (χ3v) is 4.21. The van der Waals surface area contributed by atoms with E-state index in [1.807, 2.05) is 26.2 Å². The molecule has 17 heavy (non-hydrogen) atoms. The van der Waals surface area contributed by atoms with E-state index in [0.717, 1.165) is 21.3 Å². The fourth-order valence-electron chi connectivity index (χ4n) is 1.31. The van der Waals surface area contributed by atoms with Crippen molar-refractivity contribution in [2.24, 2.45) is 0 Å². The number of nitrogens with zero attached hydrogens (tertiary/aromatic N) is 2. The Labute approximate surface area is 108 Å². The summed E-state index contributed by atoms with van der Waals surface area (Å²) in [6.07, 6.45) is 0.316. The topological polar surface area (TPSA) is 54.9 Å². The van der Waals surface area contributed by atoms with Crippen molar-refractivity contribution in [1.29, 1.82) is 0 Å². The van der Waals surface area contributed by atoms with Crippen LogP contribution in [-0.2, 0) is 11.2 Å². The Bertz CT molecular complexity index is 525. The van der Waals surface area contributed by atoms with Gasteiger partial charge in [0.2, 0.25) is 5.91 Å². The van der Waals surface area contributed by atoms with Crippen LogP contribution in [0.15, 0.2) is 5.38 Å². The molecule has 0 fully saturated rings. The number of nitrogens with one attached hydrogen (secondary N) is 1. The second-order valence-corrected chi connectivity index (χ2v) is 5.91. The first-order valence-corrected chi connectivity index (χ1v) is 6.89. The van der Waals surface area contributed by atoms with E-state index in [1.54, 1.807) is 0 Å². The lowest BCUT2D eigenvalue weighted by Crippen LogP contribution is -2.14. The quantitative estimate of drug-likeness (QED) is 0.930. The summed E-state index contributed by atoms with van der Waals surface area (Å²) in [4.78, 5) is 21.4. The molecule has 0 radical (unpaired) electrons. The van der Waals surface area contributed by atoms with E-state index in [1.165, 1.54) is 22.7 Å². The third kappa shape index (κ3) is 3.10. The maximum atomic E-state index is 11.7. The van der Waals surface area contributed by atoms with Crippen LogP contribution in [0.4, 0.5) is 5.13 Å². The van der Waals surface area contributed by atoms with Gasteiger partial charge in [-0.1, -0.05) is 0 Å². The van der Waals surface area contributed by atoms with Crippen LogP contribution >= 0.6 is 22.7 Å². The van der Waals surface area contributed by atoms with Crippen molar-refractivity contribution < 1.29 is 4.79 Å². The molecule has 0 aliphatic rings. The van der Waals surface area contributed by atoms with Crippen LogP contribution in [0.2, 0.25) is 0 Å². The highest BCUT2D eigenvalue weighted by Crippen LogP contribution is 2.21. The van der Waals surface area contributed by atoms with Crippen LogP contribution in [0.5, 0.6) is 0 Å². The fourth-order valence-corrected chi connectivity index (χ4v) is 2.91. The fraction of sp³-hybridized carbons (Fsp3) is 0.364. The average molecular weight is 267 g/mol. The molecular weight excluding hydrogens is 254 g/mol. The number of aryl methyl sites for hydroxylation is 3. The molecule has 2 rings (SSSR count). The molecule has 0 atom stereocenters. The number of hydrogen-bond donors (Lipinski definition) is 1.